The Morgan fingerprint density at radius 1 is 1.47 bits per heavy atom. The molecule has 1 aromatic carbocycles. The summed E-state index contributed by atoms with van der Waals surface area (Å²) in [7, 11) is 1.85. The maximum absolute atomic E-state index is 12.1. The standard InChI is InChI=1S/C13H9BrN2O2S/c1-16-5-6-19-13(16)15-12(17)10-7-8-3-2-4-9(14)11(8)18-10/h2-7H,1H3. The highest BCUT2D eigenvalue weighted by Gasteiger charge is 2.13. The maximum Gasteiger partial charge on any atom is 0.315 e. The summed E-state index contributed by atoms with van der Waals surface area (Å²) >= 11 is 4.80. The van der Waals surface area contributed by atoms with Crippen LogP contribution in [-0.2, 0) is 7.05 Å². The number of amides is 1. The summed E-state index contributed by atoms with van der Waals surface area (Å²) < 4.78 is 8.17. The lowest BCUT2D eigenvalue weighted by Gasteiger charge is -1.91. The predicted molar refractivity (Wildman–Crippen MR) is 77.1 cm³/mol. The Bertz CT molecular complexity index is 828. The summed E-state index contributed by atoms with van der Waals surface area (Å²) in [5.74, 6) is -0.128. The Morgan fingerprint density at radius 3 is 3.00 bits per heavy atom. The quantitative estimate of drug-likeness (QED) is 0.684. The number of halogens is 1. The lowest BCUT2D eigenvalue weighted by molar-refractivity contribution is 0.0973. The van der Waals surface area contributed by atoms with Gasteiger partial charge in [0.2, 0.25) is 0 Å². The Kier molecular flexibility index (Phi) is 3.12. The van der Waals surface area contributed by atoms with Crippen LogP contribution in [-0.4, -0.2) is 10.5 Å². The van der Waals surface area contributed by atoms with Gasteiger partial charge in [0.15, 0.2) is 10.6 Å². The Hall–Kier alpha value is -1.66. The largest absolute Gasteiger partial charge is 0.450 e. The lowest BCUT2D eigenvalue weighted by atomic mass is 10.2. The monoisotopic (exact) mass is 336 g/mol. The van der Waals surface area contributed by atoms with Crippen LogP contribution < -0.4 is 4.80 Å². The summed E-state index contributed by atoms with van der Waals surface area (Å²) in [5, 5.41) is 2.75. The number of carbonyl (C=O) groups is 1. The third-order valence-electron chi connectivity index (χ3n) is 2.66. The number of hydrogen-bond donors (Lipinski definition) is 0. The number of rotatable bonds is 1. The van der Waals surface area contributed by atoms with Crippen molar-refractivity contribution in [2.24, 2.45) is 12.0 Å². The van der Waals surface area contributed by atoms with E-state index in [0.29, 0.717) is 10.4 Å². The molecular weight excluding hydrogens is 328 g/mol. The second-order valence-electron chi connectivity index (χ2n) is 3.98. The molecule has 3 aromatic rings. The van der Waals surface area contributed by atoms with E-state index in [1.807, 2.05) is 36.8 Å². The van der Waals surface area contributed by atoms with Gasteiger partial charge in [-0.2, -0.15) is 4.99 Å². The van der Waals surface area contributed by atoms with Crippen LogP contribution in [0.4, 0.5) is 0 Å². The Labute approximate surface area is 121 Å². The second-order valence-corrected chi connectivity index (χ2v) is 5.71. The maximum atomic E-state index is 12.1. The molecule has 4 nitrogen and oxygen atoms in total. The number of furan rings is 1. The van der Waals surface area contributed by atoms with E-state index in [1.54, 1.807) is 10.6 Å². The van der Waals surface area contributed by atoms with Gasteiger partial charge in [-0.25, -0.2) is 0 Å². The highest BCUT2D eigenvalue weighted by molar-refractivity contribution is 9.10. The number of para-hydroxylation sites is 1. The van der Waals surface area contributed by atoms with Crippen molar-refractivity contribution in [2.45, 2.75) is 0 Å². The van der Waals surface area contributed by atoms with E-state index in [1.165, 1.54) is 11.3 Å². The average Bonchev–Trinajstić information content (AvgIpc) is 2.97. The van der Waals surface area contributed by atoms with Crippen molar-refractivity contribution in [3.05, 3.63) is 50.9 Å². The molecule has 0 fully saturated rings. The van der Waals surface area contributed by atoms with E-state index < -0.39 is 0 Å². The number of hydrogen-bond acceptors (Lipinski definition) is 3. The fraction of sp³-hybridized carbons (Fsp3) is 0.0769. The third kappa shape index (κ3) is 2.29. The van der Waals surface area contributed by atoms with Crippen LogP contribution in [0.25, 0.3) is 11.0 Å². The van der Waals surface area contributed by atoms with Crippen LogP contribution in [0.2, 0.25) is 0 Å². The number of thiazole rings is 1. The zero-order chi connectivity index (χ0) is 13.4. The predicted octanol–water partition coefficient (Wildman–Crippen LogP) is 3.34. The van der Waals surface area contributed by atoms with Crippen LogP contribution in [0.1, 0.15) is 10.6 Å². The smallest absolute Gasteiger partial charge is 0.315 e. The minimum atomic E-state index is -0.374. The molecule has 96 valence electrons. The van der Waals surface area contributed by atoms with E-state index in [-0.39, 0.29) is 11.7 Å². The van der Waals surface area contributed by atoms with Crippen LogP contribution in [0.3, 0.4) is 0 Å². The van der Waals surface area contributed by atoms with Gasteiger partial charge in [-0.3, -0.25) is 4.79 Å². The minimum absolute atomic E-state index is 0.246. The van der Waals surface area contributed by atoms with Crippen molar-refractivity contribution in [3.63, 3.8) is 0 Å². The molecule has 0 aliphatic heterocycles. The topological polar surface area (TPSA) is 47.5 Å². The molecule has 0 spiro atoms. The molecular formula is C13H9BrN2O2S. The Morgan fingerprint density at radius 2 is 2.32 bits per heavy atom. The number of nitrogens with zero attached hydrogens (tertiary/aromatic N) is 2. The molecule has 0 saturated carbocycles. The first-order chi connectivity index (χ1) is 9.15. The number of aryl methyl sites for hydroxylation is 1. The molecule has 0 aliphatic carbocycles. The molecule has 0 saturated heterocycles. The van der Waals surface area contributed by atoms with E-state index in [9.17, 15) is 4.79 Å². The van der Waals surface area contributed by atoms with Crippen molar-refractivity contribution < 1.29 is 9.21 Å². The van der Waals surface area contributed by atoms with Gasteiger partial charge in [0.05, 0.1) is 4.47 Å². The first-order valence-corrected chi connectivity index (χ1v) is 7.19. The van der Waals surface area contributed by atoms with Crippen molar-refractivity contribution in [2.75, 3.05) is 0 Å². The van der Waals surface area contributed by atoms with Gasteiger partial charge >= 0.3 is 5.91 Å². The normalized spacial score (nSPS) is 12.2. The minimum Gasteiger partial charge on any atom is -0.450 e. The molecule has 0 radical (unpaired) electrons. The lowest BCUT2D eigenvalue weighted by Crippen LogP contribution is -2.12. The first kappa shape index (κ1) is 12.4. The van der Waals surface area contributed by atoms with Crippen LogP contribution >= 0.6 is 27.3 Å². The van der Waals surface area contributed by atoms with E-state index >= 15 is 0 Å². The number of benzene rings is 1. The van der Waals surface area contributed by atoms with Gasteiger partial charge in [0, 0.05) is 24.0 Å². The van der Waals surface area contributed by atoms with E-state index in [2.05, 4.69) is 20.9 Å². The van der Waals surface area contributed by atoms with Crippen molar-refractivity contribution >= 4 is 44.1 Å². The van der Waals surface area contributed by atoms with Gasteiger partial charge < -0.3 is 8.98 Å². The van der Waals surface area contributed by atoms with Crippen LogP contribution in [0.5, 0.6) is 0 Å². The van der Waals surface area contributed by atoms with Gasteiger partial charge in [-0.1, -0.05) is 12.1 Å². The highest BCUT2D eigenvalue weighted by Crippen LogP contribution is 2.27. The van der Waals surface area contributed by atoms with Crippen molar-refractivity contribution in [3.8, 4) is 0 Å². The summed E-state index contributed by atoms with van der Waals surface area (Å²) in [6.07, 6.45) is 1.85. The molecule has 0 atom stereocenters. The van der Waals surface area contributed by atoms with E-state index in [0.717, 1.165) is 9.86 Å². The molecule has 2 aromatic heterocycles. The molecule has 0 aliphatic rings. The van der Waals surface area contributed by atoms with E-state index in [4.69, 9.17) is 4.42 Å². The second kappa shape index (κ2) is 4.79. The van der Waals surface area contributed by atoms with Gasteiger partial charge in [-0.05, 0) is 28.1 Å². The summed E-state index contributed by atoms with van der Waals surface area (Å²) in [5.41, 5.74) is 0.664. The summed E-state index contributed by atoms with van der Waals surface area (Å²) in [4.78, 5) is 16.8. The average molecular weight is 337 g/mol. The molecule has 6 heteroatoms. The molecule has 0 bridgehead atoms. The van der Waals surface area contributed by atoms with Crippen LogP contribution in [0, 0.1) is 0 Å². The van der Waals surface area contributed by atoms with Crippen LogP contribution in [0.15, 0.2) is 49.7 Å². The summed E-state index contributed by atoms with van der Waals surface area (Å²) in [6, 6.07) is 7.37. The zero-order valence-corrected chi connectivity index (χ0v) is 12.4. The van der Waals surface area contributed by atoms with Crippen molar-refractivity contribution in [1.29, 1.82) is 0 Å². The molecule has 0 unspecified atom stereocenters. The zero-order valence-electron chi connectivity index (χ0n) is 9.96. The van der Waals surface area contributed by atoms with Gasteiger partial charge in [0.25, 0.3) is 0 Å². The SMILES string of the molecule is Cn1ccsc1=NC(=O)c1cc2cccc(Br)c2o1. The molecule has 3 rings (SSSR count). The third-order valence-corrected chi connectivity index (χ3v) is 4.14. The Balaban J connectivity index is 2.08. The summed E-state index contributed by atoms with van der Waals surface area (Å²) in [6.45, 7) is 0. The first-order valence-electron chi connectivity index (χ1n) is 5.52. The molecule has 19 heavy (non-hydrogen) atoms. The number of aromatic nitrogens is 1. The fourth-order valence-corrected chi connectivity index (χ4v) is 2.90. The molecule has 2 heterocycles. The highest BCUT2D eigenvalue weighted by atomic mass is 79.9. The number of carbonyl (C=O) groups excluding carboxylic acids is 1. The molecule has 0 N–H and O–H groups in total. The fourth-order valence-electron chi connectivity index (χ4n) is 1.71. The number of fused-ring (bicyclic) bond motifs is 1. The van der Waals surface area contributed by atoms with Gasteiger partial charge in [0.1, 0.15) is 5.58 Å². The van der Waals surface area contributed by atoms with Crippen molar-refractivity contribution in [1.82, 2.24) is 4.57 Å². The van der Waals surface area contributed by atoms with Gasteiger partial charge in [-0.15, -0.1) is 11.3 Å². The molecule has 1 amide bonds.